The van der Waals surface area contributed by atoms with E-state index in [9.17, 15) is 0 Å². The minimum Gasteiger partial charge on any atom is -0.270 e. The quantitative estimate of drug-likeness (QED) is 0.577. The summed E-state index contributed by atoms with van der Waals surface area (Å²) < 4.78 is 0. The van der Waals surface area contributed by atoms with Crippen molar-refractivity contribution in [2.24, 2.45) is 15.9 Å². The fourth-order valence-electron chi connectivity index (χ4n) is 2.21. The molecule has 2 aromatic rings. The zero-order chi connectivity index (χ0) is 15.1. The van der Waals surface area contributed by atoms with E-state index in [1.54, 1.807) is 7.05 Å². The van der Waals surface area contributed by atoms with E-state index >= 15 is 0 Å². The molecule has 0 amide bonds. The molecule has 0 radical (unpaired) electrons. The third-order valence-electron chi connectivity index (χ3n) is 3.62. The fraction of sp³-hybridized carbons (Fsp3) is 0.263. The van der Waals surface area contributed by atoms with E-state index in [2.05, 4.69) is 43.1 Å². The Bertz CT molecular complexity index is 613. The molecular weight excluding hydrogens is 256 g/mol. The lowest BCUT2D eigenvalue weighted by Crippen LogP contribution is -2.15. The first-order valence-electron chi connectivity index (χ1n) is 7.42. The van der Waals surface area contributed by atoms with Gasteiger partial charge in [-0.3, -0.25) is 4.99 Å². The van der Waals surface area contributed by atoms with Gasteiger partial charge in [-0.05, 0) is 17.9 Å². The van der Waals surface area contributed by atoms with Crippen LogP contribution in [0, 0.1) is 5.92 Å². The Morgan fingerprint density at radius 2 is 1.43 bits per heavy atom. The molecule has 0 spiro atoms. The molecule has 0 aliphatic carbocycles. The third kappa shape index (κ3) is 3.88. The topological polar surface area (TPSA) is 24.7 Å². The van der Waals surface area contributed by atoms with Crippen LogP contribution >= 0.6 is 0 Å². The van der Waals surface area contributed by atoms with E-state index in [0.717, 1.165) is 23.5 Å². The Morgan fingerprint density at radius 3 is 1.90 bits per heavy atom. The van der Waals surface area contributed by atoms with Crippen LogP contribution in [-0.4, -0.2) is 18.6 Å². The zero-order valence-electron chi connectivity index (χ0n) is 13.0. The van der Waals surface area contributed by atoms with Gasteiger partial charge in [-0.25, -0.2) is 4.99 Å². The van der Waals surface area contributed by atoms with Gasteiger partial charge in [0, 0.05) is 12.6 Å². The summed E-state index contributed by atoms with van der Waals surface area (Å²) in [5.74, 6) is 1.18. The van der Waals surface area contributed by atoms with Crippen molar-refractivity contribution in [3.8, 4) is 0 Å². The zero-order valence-corrected chi connectivity index (χ0v) is 13.0. The molecule has 0 bridgehead atoms. The van der Waals surface area contributed by atoms with Gasteiger partial charge in [0.25, 0.3) is 0 Å². The lowest BCUT2D eigenvalue weighted by Gasteiger charge is -2.14. The first-order valence-corrected chi connectivity index (χ1v) is 7.42. The highest BCUT2D eigenvalue weighted by Crippen LogP contribution is 2.15. The minimum absolute atomic E-state index is 0.396. The summed E-state index contributed by atoms with van der Waals surface area (Å²) in [5, 5.41) is 0. The second-order valence-corrected chi connectivity index (χ2v) is 5.09. The number of aliphatic imine (C=N–C) groups is 2. The Hall–Kier alpha value is -2.22. The van der Waals surface area contributed by atoms with Crippen molar-refractivity contribution in [1.29, 1.82) is 0 Å². The van der Waals surface area contributed by atoms with Crippen LogP contribution in [0.1, 0.15) is 31.4 Å². The summed E-state index contributed by atoms with van der Waals surface area (Å²) in [5.41, 5.74) is 3.32. The van der Waals surface area contributed by atoms with Gasteiger partial charge in [0.1, 0.15) is 0 Å². The number of benzene rings is 2. The second-order valence-electron chi connectivity index (χ2n) is 5.09. The number of rotatable bonds is 4. The van der Waals surface area contributed by atoms with Crippen molar-refractivity contribution in [1.82, 2.24) is 0 Å². The van der Waals surface area contributed by atoms with Gasteiger partial charge in [0.15, 0.2) is 5.84 Å². The van der Waals surface area contributed by atoms with E-state index in [1.165, 1.54) is 5.56 Å². The third-order valence-corrected chi connectivity index (χ3v) is 3.62. The molecular formula is C19H22N2. The maximum Gasteiger partial charge on any atom is 0.154 e. The molecule has 0 saturated carbocycles. The molecule has 2 heteroatoms. The molecule has 2 nitrogen and oxygen atoms in total. The average molecular weight is 278 g/mol. The highest BCUT2D eigenvalue weighted by molar-refractivity contribution is 6.13. The van der Waals surface area contributed by atoms with Crippen molar-refractivity contribution < 1.29 is 0 Å². The van der Waals surface area contributed by atoms with Gasteiger partial charge in [0.05, 0.1) is 5.71 Å². The predicted molar refractivity (Wildman–Crippen MR) is 91.3 cm³/mol. The molecule has 2 aromatic carbocycles. The molecule has 108 valence electrons. The summed E-state index contributed by atoms with van der Waals surface area (Å²) in [6.45, 7) is 4.40. The second kappa shape index (κ2) is 7.53. The molecule has 2 rings (SSSR count). The van der Waals surface area contributed by atoms with Crippen molar-refractivity contribution >= 4 is 11.5 Å². The maximum atomic E-state index is 4.87. The van der Waals surface area contributed by atoms with Crippen LogP contribution in [0.4, 0.5) is 0 Å². The Kier molecular flexibility index (Phi) is 5.44. The molecule has 1 atom stereocenters. The van der Waals surface area contributed by atoms with Crippen LogP contribution in [0.5, 0.6) is 0 Å². The predicted octanol–water partition coefficient (Wildman–Crippen LogP) is 4.60. The summed E-state index contributed by atoms with van der Waals surface area (Å²) >= 11 is 0. The Balaban J connectivity index is 2.45. The molecule has 0 aromatic heterocycles. The summed E-state index contributed by atoms with van der Waals surface area (Å²) in [6.07, 6.45) is 1.06. The number of hydrogen-bond acceptors (Lipinski definition) is 1. The molecule has 0 aliphatic heterocycles. The van der Waals surface area contributed by atoms with Crippen molar-refractivity contribution in [2.75, 3.05) is 7.05 Å². The molecule has 0 fully saturated rings. The van der Waals surface area contributed by atoms with Crippen molar-refractivity contribution in [2.45, 2.75) is 20.3 Å². The molecule has 0 heterocycles. The largest absolute Gasteiger partial charge is 0.270 e. The molecule has 0 N–H and O–H groups in total. The van der Waals surface area contributed by atoms with Crippen LogP contribution in [0.2, 0.25) is 0 Å². The fourth-order valence-corrected chi connectivity index (χ4v) is 2.21. The van der Waals surface area contributed by atoms with Gasteiger partial charge in [0.2, 0.25) is 0 Å². The SMILES string of the molecule is CCC(C)/C(=N\C(=N/C)c1ccccc1)c1ccccc1. The van der Waals surface area contributed by atoms with Crippen LogP contribution in [0.25, 0.3) is 0 Å². The highest BCUT2D eigenvalue weighted by atomic mass is 14.9. The maximum absolute atomic E-state index is 4.87. The first-order chi connectivity index (χ1) is 10.3. The number of amidine groups is 1. The lowest BCUT2D eigenvalue weighted by atomic mass is 9.96. The van der Waals surface area contributed by atoms with Gasteiger partial charge >= 0.3 is 0 Å². The normalized spacial score (nSPS) is 14.0. The smallest absolute Gasteiger partial charge is 0.154 e. The van der Waals surface area contributed by atoms with Gasteiger partial charge < -0.3 is 0 Å². The summed E-state index contributed by atoms with van der Waals surface area (Å²) in [7, 11) is 1.80. The Morgan fingerprint density at radius 1 is 0.905 bits per heavy atom. The van der Waals surface area contributed by atoms with Crippen molar-refractivity contribution in [3.05, 3.63) is 71.8 Å². The van der Waals surface area contributed by atoms with Crippen molar-refractivity contribution in [3.63, 3.8) is 0 Å². The standard InChI is InChI=1S/C19H22N2/c1-4-15(2)18(16-11-7-5-8-12-16)21-19(20-3)17-13-9-6-10-14-17/h5-15H,4H2,1-3H3/b20-19-,21-18+. The van der Waals surface area contributed by atoms with E-state index in [1.807, 2.05) is 36.4 Å². The monoisotopic (exact) mass is 278 g/mol. The van der Waals surface area contributed by atoms with Crippen LogP contribution < -0.4 is 0 Å². The van der Waals surface area contributed by atoms with Gasteiger partial charge in [-0.15, -0.1) is 0 Å². The molecule has 21 heavy (non-hydrogen) atoms. The van der Waals surface area contributed by atoms with E-state index in [-0.39, 0.29) is 0 Å². The first kappa shape index (κ1) is 15.2. The molecule has 0 saturated heterocycles. The molecule has 1 unspecified atom stereocenters. The van der Waals surface area contributed by atoms with Crippen LogP contribution in [0.3, 0.4) is 0 Å². The number of nitrogens with zero attached hydrogens (tertiary/aromatic N) is 2. The van der Waals surface area contributed by atoms with Gasteiger partial charge in [-0.2, -0.15) is 0 Å². The summed E-state index contributed by atoms with van der Waals surface area (Å²) in [6, 6.07) is 20.5. The Labute approximate surface area is 127 Å². The van der Waals surface area contributed by atoms with E-state index < -0.39 is 0 Å². The average Bonchev–Trinajstić information content (AvgIpc) is 2.57. The summed E-state index contributed by atoms with van der Waals surface area (Å²) in [4.78, 5) is 9.24. The lowest BCUT2D eigenvalue weighted by molar-refractivity contribution is 0.741. The minimum atomic E-state index is 0.396. The van der Waals surface area contributed by atoms with Gasteiger partial charge in [-0.1, -0.05) is 74.5 Å². The van der Waals surface area contributed by atoms with Crippen LogP contribution in [-0.2, 0) is 0 Å². The highest BCUT2D eigenvalue weighted by Gasteiger charge is 2.13. The number of hydrogen-bond donors (Lipinski definition) is 0. The van der Waals surface area contributed by atoms with E-state index in [0.29, 0.717) is 5.92 Å². The van der Waals surface area contributed by atoms with E-state index in [4.69, 9.17) is 4.99 Å². The van der Waals surface area contributed by atoms with Crippen LogP contribution in [0.15, 0.2) is 70.6 Å². The molecule has 0 aliphatic rings.